The maximum Gasteiger partial charge on any atom is 0.403 e. The van der Waals surface area contributed by atoms with Gasteiger partial charge in [0.05, 0.1) is 0 Å². The van der Waals surface area contributed by atoms with E-state index in [4.69, 9.17) is 5.11 Å². The average Bonchev–Trinajstić information content (AvgIpc) is 2.73. The molecule has 1 unspecified atom stereocenters. The fraction of sp³-hybridized carbons (Fsp3) is 0.909. The minimum absolute atomic E-state index is 0.413. The molecule has 1 atom stereocenters. The molecule has 106 valence electrons. The van der Waals surface area contributed by atoms with Crippen molar-refractivity contribution in [2.24, 2.45) is 5.92 Å². The minimum Gasteiger partial charge on any atom is -0.481 e. The van der Waals surface area contributed by atoms with Gasteiger partial charge in [-0.1, -0.05) is 0 Å². The Morgan fingerprint density at radius 3 is 2.44 bits per heavy atom. The summed E-state index contributed by atoms with van der Waals surface area (Å²) in [4.78, 5) is 12.7. The fourth-order valence-electron chi connectivity index (χ4n) is 2.02. The highest BCUT2D eigenvalue weighted by Crippen LogP contribution is 2.25. The molecule has 1 aliphatic rings. The Kier molecular flexibility index (Phi) is 5.87. The van der Waals surface area contributed by atoms with Crippen LogP contribution in [0, 0.1) is 5.92 Å². The molecule has 0 aromatic rings. The molecule has 2 N–H and O–H groups in total. The molecule has 18 heavy (non-hydrogen) atoms. The molecule has 4 nitrogen and oxygen atoms in total. The van der Waals surface area contributed by atoms with Crippen molar-refractivity contribution in [2.75, 3.05) is 32.7 Å². The Morgan fingerprint density at radius 1 is 1.33 bits per heavy atom. The number of nitrogens with one attached hydrogen (secondary N) is 1. The normalized spacial score (nSPS) is 19.1. The lowest BCUT2D eigenvalue weighted by molar-refractivity contribution is -0.192. The number of nitrogens with zero attached hydrogens (tertiary/aromatic N) is 1. The summed E-state index contributed by atoms with van der Waals surface area (Å²) < 4.78 is 36.9. The van der Waals surface area contributed by atoms with Crippen molar-refractivity contribution >= 4 is 5.97 Å². The van der Waals surface area contributed by atoms with E-state index in [0.29, 0.717) is 6.54 Å². The maximum atomic E-state index is 12.3. The van der Waals surface area contributed by atoms with Gasteiger partial charge in [0, 0.05) is 6.54 Å². The second kappa shape index (κ2) is 6.94. The van der Waals surface area contributed by atoms with Crippen LogP contribution in [0.25, 0.3) is 0 Å². The van der Waals surface area contributed by atoms with Gasteiger partial charge in [0.1, 0.15) is 0 Å². The lowest BCUT2D eigenvalue weighted by Gasteiger charge is -2.17. The highest BCUT2D eigenvalue weighted by Gasteiger charge is 2.44. The summed E-state index contributed by atoms with van der Waals surface area (Å²) in [5.41, 5.74) is 0. The lowest BCUT2D eigenvalue weighted by Crippen LogP contribution is -2.39. The molecular formula is C11H19F3N2O2. The van der Waals surface area contributed by atoms with Crippen molar-refractivity contribution in [2.45, 2.75) is 25.4 Å². The molecule has 0 radical (unpaired) electrons. The molecule has 7 heteroatoms. The van der Waals surface area contributed by atoms with Crippen LogP contribution in [0.5, 0.6) is 0 Å². The first-order valence-electron chi connectivity index (χ1n) is 6.14. The van der Waals surface area contributed by atoms with Crippen LogP contribution < -0.4 is 5.32 Å². The van der Waals surface area contributed by atoms with E-state index in [1.807, 2.05) is 0 Å². The number of carbonyl (C=O) groups is 1. The number of halogens is 3. The van der Waals surface area contributed by atoms with Gasteiger partial charge < -0.3 is 15.3 Å². The third-order valence-corrected chi connectivity index (χ3v) is 3.07. The van der Waals surface area contributed by atoms with Crippen LogP contribution in [0.3, 0.4) is 0 Å². The zero-order valence-corrected chi connectivity index (χ0v) is 10.2. The van der Waals surface area contributed by atoms with E-state index >= 15 is 0 Å². The van der Waals surface area contributed by atoms with Crippen molar-refractivity contribution in [3.8, 4) is 0 Å². The molecule has 0 saturated carbocycles. The van der Waals surface area contributed by atoms with Gasteiger partial charge >= 0.3 is 12.1 Å². The van der Waals surface area contributed by atoms with Crippen LogP contribution in [-0.4, -0.2) is 54.9 Å². The summed E-state index contributed by atoms with van der Waals surface area (Å²) in [5, 5.41) is 11.0. The summed E-state index contributed by atoms with van der Waals surface area (Å²) >= 11 is 0. The van der Waals surface area contributed by atoms with Gasteiger partial charge in [0.2, 0.25) is 0 Å². The summed E-state index contributed by atoms with van der Waals surface area (Å²) in [7, 11) is 0. The second-order valence-electron chi connectivity index (χ2n) is 4.54. The fourth-order valence-corrected chi connectivity index (χ4v) is 2.02. The van der Waals surface area contributed by atoms with Crippen LogP contribution in [0.15, 0.2) is 0 Å². The summed E-state index contributed by atoms with van der Waals surface area (Å²) in [6.45, 7) is 2.83. The van der Waals surface area contributed by atoms with Gasteiger partial charge in [-0.05, 0) is 45.4 Å². The molecule has 0 aliphatic carbocycles. The van der Waals surface area contributed by atoms with E-state index in [1.165, 1.54) is 12.8 Å². The van der Waals surface area contributed by atoms with E-state index < -0.39 is 24.6 Å². The van der Waals surface area contributed by atoms with Gasteiger partial charge in [0.25, 0.3) is 0 Å². The number of carboxylic acid groups (broad SMARTS) is 1. The first-order valence-corrected chi connectivity index (χ1v) is 6.14. The standard InChI is InChI=1S/C11H19F3N2O2/c12-11(13,14)9(10(17)18)8-15-4-3-7-16-5-1-2-6-16/h9,15H,1-8H2,(H,17,18). The van der Waals surface area contributed by atoms with Crippen molar-refractivity contribution in [1.29, 1.82) is 0 Å². The van der Waals surface area contributed by atoms with Crippen LogP contribution in [0.4, 0.5) is 13.2 Å². The number of hydrogen-bond acceptors (Lipinski definition) is 3. The third kappa shape index (κ3) is 5.22. The van der Waals surface area contributed by atoms with Crippen molar-refractivity contribution in [3.63, 3.8) is 0 Å². The van der Waals surface area contributed by atoms with Gasteiger partial charge in [-0.3, -0.25) is 4.79 Å². The van der Waals surface area contributed by atoms with Gasteiger partial charge in [0.15, 0.2) is 5.92 Å². The molecule has 0 spiro atoms. The summed E-state index contributed by atoms with van der Waals surface area (Å²) in [6.07, 6.45) is -1.58. The van der Waals surface area contributed by atoms with E-state index in [0.717, 1.165) is 26.1 Å². The molecule has 0 amide bonds. The Labute approximate surface area is 104 Å². The first kappa shape index (κ1) is 15.2. The van der Waals surface area contributed by atoms with Crippen LogP contribution in [0.2, 0.25) is 0 Å². The first-order chi connectivity index (χ1) is 8.41. The van der Waals surface area contributed by atoms with E-state index in [9.17, 15) is 18.0 Å². The Morgan fingerprint density at radius 2 is 1.94 bits per heavy atom. The van der Waals surface area contributed by atoms with Crippen LogP contribution in [-0.2, 0) is 4.79 Å². The monoisotopic (exact) mass is 268 g/mol. The Hall–Kier alpha value is -0.820. The zero-order valence-electron chi connectivity index (χ0n) is 10.2. The molecule has 1 heterocycles. The molecule has 1 fully saturated rings. The van der Waals surface area contributed by atoms with Crippen LogP contribution in [0.1, 0.15) is 19.3 Å². The van der Waals surface area contributed by atoms with Gasteiger partial charge in [-0.25, -0.2) is 0 Å². The summed E-state index contributed by atoms with van der Waals surface area (Å²) in [6, 6.07) is 0. The quantitative estimate of drug-likeness (QED) is 0.684. The van der Waals surface area contributed by atoms with Crippen molar-refractivity contribution in [3.05, 3.63) is 0 Å². The molecule has 0 aromatic carbocycles. The molecule has 0 bridgehead atoms. The Bertz CT molecular complexity index is 266. The van der Waals surface area contributed by atoms with E-state index in [1.54, 1.807) is 0 Å². The number of alkyl halides is 3. The van der Waals surface area contributed by atoms with E-state index in [-0.39, 0.29) is 0 Å². The summed E-state index contributed by atoms with van der Waals surface area (Å²) in [5.74, 6) is -4.14. The number of hydrogen-bond donors (Lipinski definition) is 2. The molecule has 0 aromatic heterocycles. The van der Waals surface area contributed by atoms with Crippen molar-refractivity contribution < 1.29 is 23.1 Å². The van der Waals surface area contributed by atoms with Crippen molar-refractivity contribution in [1.82, 2.24) is 10.2 Å². The SMILES string of the molecule is O=C(O)C(CNCCCN1CCCC1)C(F)(F)F. The maximum absolute atomic E-state index is 12.3. The largest absolute Gasteiger partial charge is 0.481 e. The topological polar surface area (TPSA) is 52.6 Å². The average molecular weight is 268 g/mol. The number of likely N-dealkylation sites (tertiary alicyclic amines) is 1. The molecule has 1 saturated heterocycles. The number of aliphatic carboxylic acids is 1. The number of carboxylic acids is 1. The second-order valence-corrected chi connectivity index (χ2v) is 4.54. The van der Waals surface area contributed by atoms with Gasteiger partial charge in [-0.2, -0.15) is 13.2 Å². The lowest BCUT2D eigenvalue weighted by atomic mass is 10.1. The molecule has 1 aliphatic heterocycles. The smallest absolute Gasteiger partial charge is 0.403 e. The van der Waals surface area contributed by atoms with E-state index in [2.05, 4.69) is 10.2 Å². The molecule has 1 rings (SSSR count). The predicted octanol–water partition coefficient (Wildman–Crippen LogP) is 1.32. The zero-order chi connectivity index (χ0) is 13.6. The van der Waals surface area contributed by atoms with Gasteiger partial charge in [-0.15, -0.1) is 0 Å². The Balaban J connectivity index is 2.13. The minimum atomic E-state index is -4.69. The predicted molar refractivity (Wildman–Crippen MR) is 60.3 cm³/mol. The highest BCUT2D eigenvalue weighted by atomic mass is 19.4. The molecular weight excluding hydrogens is 249 g/mol. The number of rotatable bonds is 7. The highest BCUT2D eigenvalue weighted by molar-refractivity contribution is 5.71. The van der Waals surface area contributed by atoms with Crippen LogP contribution >= 0.6 is 0 Å². The third-order valence-electron chi connectivity index (χ3n) is 3.07.